The first-order valence-corrected chi connectivity index (χ1v) is 6.25. The van der Waals surface area contributed by atoms with Gasteiger partial charge >= 0.3 is 0 Å². The van der Waals surface area contributed by atoms with Gasteiger partial charge in [0.2, 0.25) is 0 Å². The molecule has 0 saturated carbocycles. The summed E-state index contributed by atoms with van der Waals surface area (Å²) in [5, 5.41) is 0. The molecule has 3 aromatic heterocycles. The highest BCUT2D eigenvalue weighted by Gasteiger charge is 2.06. The smallest absolute Gasteiger partial charge is 0.158 e. The van der Waals surface area contributed by atoms with E-state index in [9.17, 15) is 0 Å². The summed E-state index contributed by atoms with van der Waals surface area (Å²) >= 11 is 0. The molecule has 96 valence electrons. The van der Waals surface area contributed by atoms with Crippen molar-refractivity contribution in [1.29, 1.82) is 0 Å². The molecule has 19 heavy (non-hydrogen) atoms. The molecule has 5 nitrogen and oxygen atoms in total. The maximum absolute atomic E-state index is 4.38. The highest BCUT2D eigenvalue weighted by atomic mass is 15.1. The topological polar surface area (TPSA) is 48.5 Å². The van der Waals surface area contributed by atoms with E-state index in [2.05, 4.69) is 24.1 Å². The van der Waals surface area contributed by atoms with Crippen molar-refractivity contribution in [3.8, 4) is 11.5 Å². The molecular weight excluding hydrogens is 238 g/mol. The molecule has 0 fully saturated rings. The fourth-order valence-corrected chi connectivity index (χ4v) is 2.07. The predicted molar refractivity (Wildman–Crippen MR) is 72.4 cm³/mol. The Kier molecular flexibility index (Phi) is 3.10. The first kappa shape index (κ1) is 11.6. The molecule has 3 heterocycles. The van der Waals surface area contributed by atoms with E-state index in [0.717, 1.165) is 30.4 Å². The van der Waals surface area contributed by atoms with Crippen molar-refractivity contribution < 1.29 is 0 Å². The van der Waals surface area contributed by atoms with E-state index in [1.54, 1.807) is 6.20 Å². The lowest BCUT2D eigenvalue weighted by Gasteiger charge is -2.09. The van der Waals surface area contributed by atoms with Crippen LogP contribution >= 0.6 is 0 Å². The second-order valence-corrected chi connectivity index (χ2v) is 4.33. The third-order valence-electron chi connectivity index (χ3n) is 3.11. The molecule has 0 aromatic carbocycles. The zero-order valence-electron chi connectivity index (χ0n) is 10.8. The number of hydrogen-bond donors (Lipinski definition) is 0. The van der Waals surface area contributed by atoms with Crippen molar-refractivity contribution >= 4 is 0 Å². The summed E-state index contributed by atoms with van der Waals surface area (Å²) < 4.78 is 4.24. The van der Waals surface area contributed by atoms with E-state index >= 15 is 0 Å². The summed E-state index contributed by atoms with van der Waals surface area (Å²) in [5.41, 5.74) is 0.898. The molecule has 0 aliphatic rings. The Morgan fingerprint density at radius 2 is 1.68 bits per heavy atom. The molecule has 0 aliphatic carbocycles. The predicted octanol–water partition coefficient (Wildman–Crippen LogP) is 2.15. The van der Waals surface area contributed by atoms with E-state index in [-0.39, 0.29) is 0 Å². The van der Waals surface area contributed by atoms with E-state index in [1.165, 1.54) is 0 Å². The van der Waals surface area contributed by atoms with Gasteiger partial charge < -0.3 is 9.13 Å². The first-order chi connectivity index (χ1) is 9.34. The molecule has 0 amide bonds. The van der Waals surface area contributed by atoms with Crippen LogP contribution in [0.3, 0.4) is 0 Å². The van der Waals surface area contributed by atoms with Gasteiger partial charge in [0.25, 0.3) is 0 Å². The zero-order chi connectivity index (χ0) is 13.1. The van der Waals surface area contributed by atoms with Crippen molar-refractivity contribution in [3.05, 3.63) is 55.0 Å². The molecule has 0 unspecified atom stereocenters. The normalized spacial score (nSPS) is 10.8. The molecule has 0 radical (unpaired) electrons. The summed E-state index contributed by atoms with van der Waals surface area (Å²) in [6.07, 6.45) is 9.39. The van der Waals surface area contributed by atoms with Crippen LogP contribution in [0.25, 0.3) is 11.5 Å². The van der Waals surface area contributed by atoms with Crippen molar-refractivity contribution in [2.45, 2.75) is 20.0 Å². The third-order valence-corrected chi connectivity index (χ3v) is 3.11. The molecule has 0 N–H and O–H groups in total. The summed E-state index contributed by atoms with van der Waals surface area (Å²) in [5.74, 6) is 1.93. The van der Waals surface area contributed by atoms with Crippen LogP contribution in [0, 0.1) is 6.92 Å². The monoisotopic (exact) mass is 253 g/mol. The van der Waals surface area contributed by atoms with Crippen molar-refractivity contribution in [2.75, 3.05) is 0 Å². The fraction of sp³-hybridized carbons (Fsp3) is 0.214. The Morgan fingerprint density at radius 1 is 0.895 bits per heavy atom. The van der Waals surface area contributed by atoms with Gasteiger partial charge in [-0.1, -0.05) is 6.07 Å². The van der Waals surface area contributed by atoms with Crippen molar-refractivity contribution in [2.24, 2.45) is 0 Å². The molecule has 0 saturated heterocycles. The van der Waals surface area contributed by atoms with E-state index in [4.69, 9.17) is 0 Å². The van der Waals surface area contributed by atoms with Crippen LogP contribution in [-0.2, 0) is 13.1 Å². The van der Waals surface area contributed by atoms with Crippen LogP contribution in [0.2, 0.25) is 0 Å². The summed E-state index contributed by atoms with van der Waals surface area (Å²) in [4.78, 5) is 12.9. The van der Waals surface area contributed by atoms with Crippen LogP contribution in [0.5, 0.6) is 0 Å². The van der Waals surface area contributed by atoms with E-state index in [0.29, 0.717) is 0 Å². The van der Waals surface area contributed by atoms with Gasteiger partial charge in [0.1, 0.15) is 11.5 Å². The molecule has 5 heteroatoms. The Bertz CT molecular complexity index is 653. The zero-order valence-corrected chi connectivity index (χ0v) is 10.8. The largest absolute Gasteiger partial charge is 0.333 e. The van der Waals surface area contributed by atoms with Gasteiger partial charge in [0.15, 0.2) is 5.82 Å². The van der Waals surface area contributed by atoms with Crippen molar-refractivity contribution in [3.63, 3.8) is 0 Å². The number of pyridine rings is 1. The average molecular weight is 253 g/mol. The molecule has 3 aromatic rings. The number of imidazole rings is 2. The van der Waals surface area contributed by atoms with Gasteiger partial charge in [-0.15, -0.1) is 0 Å². The Hall–Kier alpha value is -2.43. The van der Waals surface area contributed by atoms with Crippen LogP contribution in [-0.4, -0.2) is 24.1 Å². The van der Waals surface area contributed by atoms with Gasteiger partial charge in [0.05, 0.1) is 0 Å². The lowest BCUT2D eigenvalue weighted by Crippen LogP contribution is -2.08. The SMILES string of the molecule is Cc1nccn1CCn1ccnc1-c1ccccn1. The highest BCUT2D eigenvalue weighted by molar-refractivity contribution is 5.48. The van der Waals surface area contributed by atoms with Gasteiger partial charge in [-0.3, -0.25) is 4.98 Å². The lowest BCUT2D eigenvalue weighted by atomic mass is 10.3. The molecule has 0 aliphatic heterocycles. The standard InChI is InChI=1S/C14H15N5/c1-12-15-6-8-18(12)10-11-19-9-7-17-14(19)13-4-2-3-5-16-13/h2-9H,10-11H2,1H3. The quantitative estimate of drug-likeness (QED) is 0.715. The molecular formula is C14H15N5. The molecule has 0 spiro atoms. The number of nitrogens with zero attached hydrogens (tertiary/aromatic N) is 5. The second-order valence-electron chi connectivity index (χ2n) is 4.33. The summed E-state index contributed by atoms with van der Waals surface area (Å²) in [7, 11) is 0. The van der Waals surface area contributed by atoms with Gasteiger partial charge in [-0.05, 0) is 19.1 Å². The van der Waals surface area contributed by atoms with Crippen LogP contribution in [0.15, 0.2) is 49.2 Å². The van der Waals surface area contributed by atoms with Crippen LogP contribution in [0.1, 0.15) is 5.82 Å². The average Bonchev–Trinajstić information content (AvgIpc) is 3.06. The van der Waals surface area contributed by atoms with Gasteiger partial charge in [-0.25, -0.2) is 9.97 Å². The molecule has 0 atom stereocenters. The van der Waals surface area contributed by atoms with Crippen LogP contribution < -0.4 is 0 Å². The van der Waals surface area contributed by atoms with Crippen molar-refractivity contribution in [1.82, 2.24) is 24.1 Å². The number of aromatic nitrogens is 5. The Morgan fingerprint density at radius 3 is 2.42 bits per heavy atom. The first-order valence-electron chi connectivity index (χ1n) is 6.25. The maximum atomic E-state index is 4.38. The Labute approximate surface area is 111 Å². The third kappa shape index (κ3) is 2.40. The lowest BCUT2D eigenvalue weighted by molar-refractivity contribution is 0.571. The summed E-state index contributed by atoms with van der Waals surface area (Å²) in [6.45, 7) is 3.73. The number of rotatable bonds is 4. The molecule has 3 rings (SSSR count). The second kappa shape index (κ2) is 5.06. The van der Waals surface area contributed by atoms with E-state index < -0.39 is 0 Å². The fourth-order valence-electron chi connectivity index (χ4n) is 2.07. The van der Waals surface area contributed by atoms with Crippen LogP contribution in [0.4, 0.5) is 0 Å². The van der Waals surface area contributed by atoms with Gasteiger partial charge in [-0.2, -0.15) is 0 Å². The highest BCUT2D eigenvalue weighted by Crippen LogP contribution is 2.14. The minimum absolute atomic E-state index is 0.850. The maximum Gasteiger partial charge on any atom is 0.158 e. The minimum atomic E-state index is 0.850. The minimum Gasteiger partial charge on any atom is -0.333 e. The number of aryl methyl sites for hydroxylation is 3. The number of hydrogen-bond acceptors (Lipinski definition) is 3. The van der Waals surface area contributed by atoms with E-state index in [1.807, 2.05) is 49.9 Å². The van der Waals surface area contributed by atoms with Gasteiger partial charge in [0, 0.05) is 44.1 Å². The Balaban J connectivity index is 1.80. The summed E-state index contributed by atoms with van der Waals surface area (Å²) in [6, 6.07) is 5.86. The molecule has 0 bridgehead atoms.